The van der Waals surface area contributed by atoms with Gasteiger partial charge in [0.15, 0.2) is 0 Å². The molecule has 1 saturated heterocycles. The van der Waals surface area contributed by atoms with E-state index in [4.69, 9.17) is 10.5 Å². The number of hydrogen-bond donors (Lipinski definition) is 1. The van der Waals surface area contributed by atoms with Crippen LogP contribution < -0.4 is 5.73 Å². The highest BCUT2D eigenvalue weighted by Crippen LogP contribution is 2.27. The van der Waals surface area contributed by atoms with Crippen LogP contribution in [0.15, 0.2) is 0 Å². The molecule has 1 aliphatic carbocycles. The molecule has 0 aromatic rings. The first-order valence-corrected chi connectivity index (χ1v) is 6.27. The lowest BCUT2D eigenvalue weighted by molar-refractivity contribution is -0.147. The molecule has 16 heavy (non-hydrogen) atoms. The van der Waals surface area contributed by atoms with E-state index in [0.717, 1.165) is 19.3 Å². The van der Waals surface area contributed by atoms with Gasteiger partial charge >= 0.3 is 0 Å². The van der Waals surface area contributed by atoms with Gasteiger partial charge in [-0.25, -0.2) is 0 Å². The average molecular weight is 226 g/mol. The molecular weight excluding hydrogens is 204 g/mol. The molecule has 0 aromatic carbocycles. The predicted octanol–water partition coefficient (Wildman–Crippen LogP) is 0.750. The van der Waals surface area contributed by atoms with Crippen LogP contribution >= 0.6 is 0 Å². The minimum Gasteiger partial charge on any atom is -0.372 e. The van der Waals surface area contributed by atoms with Gasteiger partial charge < -0.3 is 15.4 Å². The average Bonchev–Trinajstić information content (AvgIpc) is 2.62. The Kier molecular flexibility index (Phi) is 3.50. The fourth-order valence-electron chi connectivity index (χ4n) is 2.89. The fraction of sp³-hybridized carbons (Fsp3) is 0.917. The number of amides is 1. The van der Waals surface area contributed by atoms with Crippen molar-refractivity contribution < 1.29 is 9.53 Å². The maximum absolute atomic E-state index is 12.3. The van der Waals surface area contributed by atoms with Crippen molar-refractivity contribution in [2.24, 2.45) is 11.7 Å². The predicted molar refractivity (Wildman–Crippen MR) is 61.9 cm³/mol. The molecule has 4 atom stereocenters. The normalized spacial score (nSPS) is 40.1. The summed E-state index contributed by atoms with van der Waals surface area (Å²) >= 11 is 0. The van der Waals surface area contributed by atoms with Crippen molar-refractivity contribution in [3.8, 4) is 0 Å². The van der Waals surface area contributed by atoms with Crippen LogP contribution in [0.3, 0.4) is 0 Å². The maximum atomic E-state index is 12.3. The third-order valence-corrected chi connectivity index (χ3v) is 3.62. The van der Waals surface area contributed by atoms with Gasteiger partial charge in [0, 0.05) is 19.1 Å². The second kappa shape index (κ2) is 4.72. The number of morpholine rings is 1. The molecule has 2 fully saturated rings. The molecule has 4 heteroatoms. The Morgan fingerprint density at radius 2 is 1.88 bits per heavy atom. The van der Waals surface area contributed by atoms with E-state index in [1.807, 2.05) is 18.7 Å². The zero-order valence-electron chi connectivity index (χ0n) is 10.2. The Bertz CT molecular complexity index is 260. The van der Waals surface area contributed by atoms with Crippen LogP contribution in [-0.4, -0.2) is 42.1 Å². The molecule has 1 saturated carbocycles. The van der Waals surface area contributed by atoms with Gasteiger partial charge in [0.25, 0.3) is 0 Å². The molecule has 1 aliphatic heterocycles. The Balaban J connectivity index is 1.98. The van der Waals surface area contributed by atoms with Gasteiger partial charge in [0.2, 0.25) is 5.91 Å². The van der Waals surface area contributed by atoms with Gasteiger partial charge in [-0.2, -0.15) is 0 Å². The van der Waals surface area contributed by atoms with Crippen LogP contribution in [0.4, 0.5) is 0 Å². The fourth-order valence-corrected chi connectivity index (χ4v) is 2.89. The number of hydrogen-bond acceptors (Lipinski definition) is 3. The molecule has 2 aliphatic rings. The number of carbonyl (C=O) groups excluding carboxylic acids is 1. The molecule has 2 N–H and O–H groups in total. The molecule has 1 amide bonds. The molecule has 0 spiro atoms. The van der Waals surface area contributed by atoms with E-state index in [0.29, 0.717) is 13.1 Å². The SMILES string of the molecule is C[C@@H]1CN(C(=O)C2CCCC2N)C[C@H](C)O1. The first-order chi connectivity index (χ1) is 7.58. The summed E-state index contributed by atoms with van der Waals surface area (Å²) in [5, 5.41) is 0. The van der Waals surface area contributed by atoms with Crippen molar-refractivity contribution in [1.82, 2.24) is 4.90 Å². The summed E-state index contributed by atoms with van der Waals surface area (Å²) in [6, 6.07) is 0.0703. The van der Waals surface area contributed by atoms with E-state index < -0.39 is 0 Å². The van der Waals surface area contributed by atoms with Gasteiger partial charge in [-0.15, -0.1) is 0 Å². The maximum Gasteiger partial charge on any atom is 0.227 e. The summed E-state index contributed by atoms with van der Waals surface area (Å²) in [4.78, 5) is 14.2. The van der Waals surface area contributed by atoms with Crippen molar-refractivity contribution in [2.75, 3.05) is 13.1 Å². The van der Waals surface area contributed by atoms with Gasteiger partial charge in [-0.3, -0.25) is 4.79 Å². The van der Waals surface area contributed by atoms with Gasteiger partial charge in [0.1, 0.15) is 0 Å². The number of ether oxygens (including phenoxy) is 1. The van der Waals surface area contributed by atoms with Crippen molar-refractivity contribution in [3.63, 3.8) is 0 Å². The molecular formula is C12H22N2O2. The second-order valence-corrected chi connectivity index (χ2v) is 5.20. The molecule has 0 radical (unpaired) electrons. The first kappa shape index (κ1) is 11.9. The Labute approximate surface area is 97.1 Å². The Morgan fingerprint density at radius 1 is 1.25 bits per heavy atom. The third kappa shape index (κ3) is 2.38. The molecule has 0 bridgehead atoms. The quantitative estimate of drug-likeness (QED) is 0.718. The lowest BCUT2D eigenvalue weighted by Gasteiger charge is -2.37. The van der Waals surface area contributed by atoms with Crippen molar-refractivity contribution >= 4 is 5.91 Å². The summed E-state index contributed by atoms with van der Waals surface area (Å²) in [6.45, 7) is 5.47. The highest BCUT2D eigenvalue weighted by molar-refractivity contribution is 5.80. The first-order valence-electron chi connectivity index (χ1n) is 6.27. The number of nitrogens with two attached hydrogens (primary N) is 1. The summed E-state index contributed by atoms with van der Waals surface area (Å²) in [6.07, 6.45) is 3.33. The third-order valence-electron chi connectivity index (χ3n) is 3.62. The number of carbonyl (C=O) groups is 1. The van der Waals surface area contributed by atoms with E-state index in [2.05, 4.69) is 0 Å². The lowest BCUT2D eigenvalue weighted by Crippen LogP contribution is -2.51. The smallest absolute Gasteiger partial charge is 0.227 e. The van der Waals surface area contributed by atoms with E-state index in [1.165, 1.54) is 0 Å². The van der Waals surface area contributed by atoms with Crippen LogP contribution in [0.1, 0.15) is 33.1 Å². The zero-order valence-corrected chi connectivity index (χ0v) is 10.2. The minimum atomic E-state index is 0.0532. The molecule has 4 nitrogen and oxygen atoms in total. The summed E-state index contributed by atoms with van der Waals surface area (Å²) in [5.74, 6) is 0.296. The second-order valence-electron chi connectivity index (χ2n) is 5.20. The monoisotopic (exact) mass is 226 g/mol. The van der Waals surface area contributed by atoms with Crippen LogP contribution in [-0.2, 0) is 9.53 Å². The molecule has 2 rings (SSSR count). The number of nitrogens with zero attached hydrogens (tertiary/aromatic N) is 1. The van der Waals surface area contributed by atoms with Crippen LogP contribution in [0.5, 0.6) is 0 Å². The van der Waals surface area contributed by atoms with Crippen molar-refractivity contribution in [1.29, 1.82) is 0 Å². The van der Waals surface area contributed by atoms with E-state index in [-0.39, 0.29) is 30.1 Å². The largest absolute Gasteiger partial charge is 0.372 e. The molecule has 92 valence electrons. The Morgan fingerprint density at radius 3 is 2.38 bits per heavy atom. The topological polar surface area (TPSA) is 55.6 Å². The van der Waals surface area contributed by atoms with Crippen LogP contribution in [0.2, 0.25) is 0 Å². The summed E-state index contributed by atoms with van der Waals surface area (Å²) < 4.78 is 5.63. The van der Waals surface area contributed by atoms with E-state index in [9.17, 15) is 4.79 Å². The standard InChI is InChI=1S/C12H22N2O2/c1-8-6-14(7-9(2)16-8)12(15)10-4-3-5-11(10)13/h8-11H,3-7,13H2,1-2H3/t8-,9+,10?,11?. The summed E-state index contributed by atoms with van der Waals surface area (Å²) in [5.41, 5.74) is 5.98. The zero-order chi connectivity index (χ0) is 11.7. The van der Waals surface area contributed by atoms with Crippen molar-refractivity contribution in [3.05, 3.63) is 0 Å². The van der Waals surface area contributed by atoms with Crippen LogP contribution in [0.25, 0.3) is 0 Å². The summed E-state index contributed by atoms with van der Waals surface area (Å²) in [7, 11) is 0. The van der Waals surface area contributed by atoms with Gasteiger partial charge in [-0.1, -0.05) is 6.42 Å². The Hall–Kier alpha value is -0.610. The molecule has 2 unspecified atom stereocenters. The highest BCUT2D eigenvalue weighted by Gasteiger charge is 2.35. The molecule has 0 aromatic heterocycles. The van der Waals surface area contributed by atoms with Crippen molar-refractivity contribution in [2.45, 2.75) is 51.4 Å². The minimum absolute atomic E-state index is 0.0532. The number of rotatable bonds is 1. The van der Waals surface area contributed by atoms with Gasteiger partial charge in [0.05, 0.1) is 18.1 Å². The lowest BCUT2D eigenvalue weighted by atomic mass is 10.0. The van der Waals surface area contributed by atoms with Gasteiger partial charge in [-0.05, 0) is 26.7 Å². The van der Waals surface area contributed by atoms with Crippen LogP contribution in [0, 0.1) is 5.92 Å². The van der Waals surface area contributed by atoms with E-state index in [1.54, 1.807) is 0 Å². The molecule has 1 heterocycles. The van der Waals surface area contributed by atoms with E-state index >= 15 is 0 Å². The highest BCUT2D eigenvalue weighted by atomic mass is 16.5.